The molecule has 7 rings (SSSR count). The highest BCUT2D eigenvalue weighted by atomic mass is 32.1. The summed E-state index contributed by atoms with van der Waals surface area (Å²) in [5.41, 5.74) is 10.1. The van der Waals surface area contributed by atoms with Gasteiger partial charge in [0.05, 0.1) is 21.0 Å². The van der Waals surface area contributed by atoms with Crippen LogP contribution in [0.15, 0.2) is 91.3 Å². The normalized spacial score (nSPS) is 12.7. The van der Waals surface area contributed by atoms with Gasteiger partial charge < -0.3 is 0 Å². The molecule has 0 unspecified atom stereocenters. The van der Waals surface area contributed by atoms with Crippen LogP contribution in [0.3, 0.4) is 0 Å². The van der Waals surface area contributed by atoms with E-state index < -0.39 is 0 Å². The van der Waals surface area contributed by atoms with E-state index in [1.165, 1.54) is 64.8 Å². The van der Waals surface area contributed by atoms with E-state index in [4.69, 9.17) is 9.97 Å². The fourth-order valence-corrected chi connectivity index (χ4v) is 7.21. The molecule has 0 saturated heterocycles. The molecule has 3 aromatic heterocycles. The molecule has 6 aromatic rings. The molecule has 1 aliphatic carbocycles. The number of rotatable bonds is 4. The van der Waals surface area contributed by atoms with Crippen molar-refractivity contribution in [3.8, 4) is 33.0 Å². The van der Waals surface area contributed by atoms with Crippen molar-refractivity contribution in [1.82, 2.24) is 9.97 Å². The number of fused-ring (bicyclic) bond motifs is 6. The predicted molar refractivity (Wildman–Crippen MR) is 157 cm³/mol. The van der Waals surface area contributed by atoms with Gasteiger partial charge in [-0.1, -0.05) is 74.5 Å². The highest BCUT2D eigenvalue weighted by Crippen LogP contribution is 2.46. The van der Waals surface area contributed by atoms with Crippen LogP contribution in [0.4, 0.5) is 0 Å². The van der Waals surface area contributed by atoms with Crippen molar-refractivity contribution in [1.29, 1.82) is 0 Å². The van der Waals surface area contributed by atoms with Crippen molar-refractivity contribution in [2.45, 2.75) is 33.1 Å². The summed E-state index contributed by atoms with van der Waals surface area (Å²) in [7, 11) is 0. The third-order valence-corrected chi connectivity index (χ3v) is 8.72. The van der Waals surface area contributed by atoms with Gasteiger partial charge in [0, 0.05) is 23.3 Å². The zero-order valence-corrected chi connectivity index (χ0v) is 22.0. The van der Waals surface area contributed by atoms with Gasteiger partial charge in [0.25, 0.3) is 0 Å². The summed E-state index contributed by atoms with van der Waals surface area (Å²) >= 11 is 1.87. The number of pyridine rings is 2. The van der Waals surface area contributed by atoms with E-state index in [0.29, 0.717) is 5.92 Å². The van der Waals surface area contributed by atoms with Crippen LogP contribution in [0.2, 0.25) is 0 Å². The molecule has 37 heavy (non-hydrogen) atoms. The minimum atomic E-state index is 0.639. The van der Waals surface area contributed by atoms with Crippen LogP contribution in [0.5, 0.6) is 0 Å². The molecule has 0 fully saturated rings. The Bertz CT molecular complexity index is 1780. The van der Waals surface area contributed by atoms with Gasteiger partial charge in [0.1, 0.15) is 0 Å². The van der Waals surface area contributed by atoms with Gasteiger partial charge in [-0.05, 0) is 82.0 Å². The van der Waals surface area contributed by atoms with Gasteiger partial charge in [-0.15, -0.1) is 11.3 Å². The van der Waals surface area contributed by atoms with Crippen LogP contribution in [-0.4, -0.2) is 9.97 Å². The van der Waals surface area contributed by atoms with Crippen LogP contribution in [0.1, 0.15) is 30.5 Å². The van der Waals surface area contributed by atoms with Gasteiger partial charge in [0.15, 0.2) is 0 Å². The molecule has 0 atom stereocenters. The Morgan fingerprint density at radius 2 is 1.62 bits per heavy atom. The lowest BCUT2D eigenvalue weighted by molar-refractivity contribution is 0.645. The first-order chi connectivity index (χ1) is 18.2. The van der Waals surface area contributed by atoms with Crippen molar-refractivity contribution < 1.29 is 0 Å². The van der Waals surface area contributed by atoms with Gasteiger partial charge >= 0.3 is 0 Å². The number of hydrogen-bond donors (Lipinski definition) is 0. The van der Waals surface area contributed by atoms with Crippen LogP contribution in [0, 0.1) is 5.92 Å². The van der Waals surface area contributed by atoms with E-state index in [1.54, 1.807) is 0 Å². The summed E-state index contributed by atoms with van der Waals surface area (Å²) in [5, 5.41) is 3.84. The zero-order valence-electron chi connectivity index (χ0n) is 21.2. The number of aryl methyl sites for hydroxylation is 2. The first-order valence-electron chi connectivity index (χ1n) is 13.1. The topological polar surface area (TPSA) is 25.8 Å². The minimum Gasteiger partial charge on any atom is -0.255 e. The molecular weight excluding hydrogens is 468 g/mol. The van der Waals surface area contributed by atoms with Gasteiger partial charge in [0.2, 0.25) is 0 Å². The van der Waals surface area contributed by atoms with E-state index >= 15 is 0 Å². The largest absolute Gasteiger partial charge is 0.255 e. The first-order valence-corrected chi connectivity index (χ1v) is 13.9. The number of hydrogen-bond acceptors (Lipinski definition) is 3. The fraction of sp³-hybridized carbons (Fsp3) is 0.176. The monoisotopic (exact) mass is 496 g/mol. The Kier molecular flexibility index (Phi) is 5.40. The van der Waals surface area contributed by atoms with E-state index in [1.807, 2.05) is 17.5 Å². The van der Waals surface area contributed by atoms with Gasteiger partial charge in [-0.25, -0.2) is 0 Å². The standard InChI is InChI=1S/C34H28N2S/c1-21(2)16-22-17-25-12-13-28-29-14-15-35-32(34(29)37-33(28)31(25)36-20-22)26-18-24-10-6-7-11-27(24)30(19-26)23-8-4-3-5-9-23/h3-11,14-15,17-21H,12-13,16H2,1-2H3. The molecule has 3 aromatic carbocycles. The van der Waals surface area contributed by atoms with Crippen molar-refractivity contribution in [3.63, 3.8) is 0 Å². The van der Waals surface area contributed by atoms with E-state index in [-0.39, 0.29) is 0 Å². The third-order valence-electron chi connectivity index (χ3n) is 7.45. The smallest absolute Gasteiger partial charge is 0.0880 e. The average Bonchev–Trinajstić information content (AvgIpc) is 3.32. The highest BCUT2D eigenvalue weighted by molar-refractivity contribution is 7.23. The number of aromatic nitrogens is 2. The fourth-order valence-electron chi connectivity index (χ4n) is 5.82. The Morgan fingerprint density at radius 1 is 0.784 bits per heavy atom. The summed E-state index contributed by atoms with van der Waals surface area (Å²) in [4.78, 5) is 11.3. The lowest BCUT2D eigenvalue weighted by Gasteiger charge is -2.17. The second-order valence-corrected chi connectivity index (χ2v) is 11.5. The Balaban J connectivity index is 1.42. The molecule has 0 saturated carbocycles. The lowest BCUT2D eigenvalue weighted by Crippen LogP contribution is -2.05. The molecule has 0 amide bonds. The molecule has 0 radical (unpaired) electrons. The van der Waals surface area contributed by atoms with Crippen LogP contribution < -0.4 is 0 Å². The second-order valence-electron chi connectivity index (χ2n) is 10.5. The van der Waals surface area contributed by atoms with Crippen LogP contribution in [-0.2, 0) is 19.3 Å². The summed E-state index contributed by atoms with van der Waals surface area (Å²) in [6, 6.07) is 28.6. The summed E-state index contributed by atoms with van der Waals surface area (Å²) in [5.74, 6) is 0.639. The maximum absolute atomic E-state index is 5.00. The molecule has 2 nitrogen and oxygen atoms in total. The Labute approximate surface area is 221 Å². The highest BCUT2D eigenvalue weighted by Gasteiger charge is 2.24. The Hall–Kier alpha value is -3.82. The molecule has 1 aliphatic rings. The van der Waals surface area contributed by atoms with Gasteiger partial charge in [-0.3, -0.25) is 9.97 Å². The van der Waals surface area contributed by atoms with Crippen LogP contribution >= 0.6 is 11.3 Å². The third kappa shape index (κ3) is 3.86. The quantitative estimate of drug-likeness (QED) is 0.243. The molecular formula is C34H28N2S. The number of benzene rings is 3. The van der Waals surface area contributed by atoms with E-state index in [0.717, 1.165) is 25.0 Å². The minimum absolute atomic E-state index is 0.639. The number of nitrogens with zero attached hydrogens (tertiary/aromatic N) is 2. The summed E-state index contributed by atoms with van der Waals surface area (Å²) in [6.07, 6.45) is 7.27. The molecule has 180 valence electrons. The SMILES string of the molecule is CC(C)Cc1cnc2c(c1)CCc1c-2sc2c(-c3cc(-c4ccccc4)c4ccccc4c3)nccc12. The van der Waals surface area contributed by atoms with E-state index in [9.17, 15) is 0 Å². The average molecular weight is 497 g/mol. The maximum atomic E-state index is 5.00. The van der Waals surface area contributed by atoms with Crippen molar-refractivity contribution in [2.75, 3.05) is 0 Å². The lowest BCUT2D eigenvalue weighted by atomic mass is 9.91. The van der Waals surface area contributed by atoms with Gasteiger partial charge in [-0.2, -0.15) is 0 Å². The second kappa shape index (κ2) is 8.93. The van der Waals surface area contributed by atoms with E-state index in [2.05, 4.69) is 98.9 Å². The summed E-state index contributed by atoms with van der Waals surface area (Å²) < 4.78 is 1.27. The molecule has 0 aliphatic heterocycles. The van der Waals surface area contributed by atoms with Crippen molar-refractivity contribution >= 4 is 32.2 Å². The first kappa shape index (κ1) is 22.4. The van der Waals surface area contributed by atoms with Crippen LogP contribution in [0.25, 0.3) is 53.8 Å². The van der Waals surface area contributed by atoms with Crippen molar-refractivity contribution in [3.05, 3.63) is 108 Å². The zero-order chi connectivity index (χ0) is 24.9. The maximum Gasteiger partial charge on any atom is 0.0880 e. The molecule has 0 spiro atoms. The predicted octanol–water partition coefficient (Wildman–Crippen LogP) is 9.14. The molecule has 0 N–H and O–H groups in total. The van der Waals surface area contributed by atoms with Crippen molar-refractivity contribution in [2.24, 2.45) is 5.92 Å². The molecule has 3 heterocycles. The molecule has 3 heteroatoms. The Morgan fingerprint density at radius 3 is 2.49 bits per heavy atom. The number of thiophene rings is 1. The summed E-state index contributed by atoms with van der Waals surface area (Å²) in [6.45, 7) is 4.54. The molecule has 0 bridgehead atoms.